The predicted octanol–water partition coefficient (Wildman–Crippen LogP) is 5.89. The average molecular weight is 432 g/mol. The summed E-state index contributed by atoms with van der Waals surface area (Å²) in [5.41, 5.74) is 1.14. The van der Waals surface area contributed by atoms with Crippen LogP contribution in [0.1, 0.15) is 19.4 Å². The summed E-state index contributed by atoms with van der Waals surface area (Å²) in [7, 11) is -3.18. The first-order valence-corrected chi connectivity index (χ1v) is 10.3. The quantitative estimate of drug-likeness (QED) is 0.321. The Morgan fingerprint density at radius 3 is 2.33 bits per heavy atom. The number of rotatable bonds is 8. The van der Waals surface area contributed by atoms with Crippen LogP contribution in [0.25, 0.3) is 10.8 Å². The van der Waals surface area contributed by atoms with Crippen LogP contribution < -0.4 is 0 Å². The van der Waals surface area contributed by atoms with Crippen LogP contribution in [-0.2, 0) is 19.4 Å². The Balaban J connectivity index is 0.00000288. The molecule has 0 unspecified atom stereocenters. The lowest BCUT2D eigenvalue weighted by Gasteiger charge is -2.17. The van der Waals surface area contributed by atoms with Gasteiger partial charge in [-0.05, 0) is 30.2 Å². The minimum atomic E-state index is -3.18. The number of benzene rings is 2. The highest BCUT2D eigenvalue weighted by molar-refractivity contribution is 8.93. The maximum Gasteiger partial charge on any atom is 0.337 e. The Labute approximate surface area is 158 Å². The van der Waals surface area contributed by atoms with Crippen molar-refractivity contribution in [2.24, 2.45) is 0 Å². The highest BCUT2D eigenvalue weighted by Gasteiger charge is 2.25. The van der Waals surface area contributed by atoms with Crippen LogP contribution in [0.15, 0.2) is 42.5 Å². The summed E-state index contributed by atoms with van der Waals surface area (Å²) in [5.74, 6) is 0.669. The number of fused-ring (bicyclic) bond motifs is 1. The van der Waals surface area contributed by atoms with E-state index in [-0.39, 0.29) is 23.1 Å². The molecule has 0 aliphatic heterocycles. The molecule has 7 heteroatoms. The molecule has 0 aliphatic carbocycles. The van der Waals surface area contributed by atoms with Crippen LogP contribution in [0.3, 0.4) is 0 Å². The van der Waals surface area contributed by atoms with Gasteiger partial charge in [-0.2, -0.15) is 0 Å². The average Bonchev–Trinajstić information content (AvgIpc) is 2.53. The van der Waals surface area contributed by atoms with E-state index < -0.39 is 7.60 Å². The molecule has 4 nitrogen and oxygen atoms in total. The van der Waals surface area contributed by atoms with E-state index in [0.29, 0.717) is 24.0 Å². The van der Waals surface area contributed by atoms with Crippen molar-refractivity contribution in [3.05, 3.63) is 48.0 Å². The second kappa shape index (κ2) is 10.4. The first kappa shape index (κ1) is 21.4. The second-order valence-corrected chi connectivity index (χ2v) is 8.12. The van der Waals surface area contributed by atoms with Gasteiger partial charge in [-0.25, -0.2) is 0 Å². The number of hydrogen-bond acceptors (Lipinski definition) is 5. The zero-order valence-electron chi connectivity index (χ0n) is 13.9. The smallest absolute Gasteiger partial charge is 0.309 e. The summed E-state index contributed by atoms with van der Waals surface area (Å²) in [6.45, 7) is 4.19. The summed E-state index contributed by atoms with van der Waals surface area (Å²) in [5, 5.41) is 10.8. The van der Waals surface area contributed by atoms with Crippen molar-refractivity contribution in [1.29, 1.82) is 5.41 Å². The summed E-state index contributed by atoms with van der Waals surface area (Å²) in [6, 6.07) is 14.5. The maximum atomic E-state index is 12.4. The zero-order chi connectivity index (χ0) is 16.7. The molecule has 0 amide bonds. The minimum Gasteiger partial charge on any atom is -0.309 e. The van der Waals surface area contributed by atoms with E-state index in [0.717, 1.165) is 5.56 Å². The van der Waals surface area contributed by atoms with Gasteiger partial charge in [0.1, 0.15) is 0 Å². The SMILES string of the molecule is Br.CCOP(=O)(CC(=N)SCc1ccc2ccccc2c1)OCC. The van der Waals surface area contributed by atoms with Crippen LogP contribution in [0, 0.1) is 5.41 Å². The summed E-state index contributed by atoms with van der Waals surface area (Å²) in [6.07, 6.45) is 0.0347. The van der Waals surface area contributed by atoms with E-state index in [1.54, 1.807) is 13.8 Å². The summed E-state index contributed by atoms with van der Waals surface area (Å²) >= 11 is 1.37. The Bertz CT molecular complexity index is 716. The van der Waals surface area contributed by atoms with Gasteiger partial charge in [0.05, 0.1) is 24.4 Å². The molecule has 0 saturated heterocycles. The molecule has 0 bridgehead atoms. The second-order valence-electron chi connectivity index (χ2n) is 5.00. The van der Waals surface area contributed by atoms with Crippen molar-refractivity contribution in [2.45, 2.75) is 19.6 Å². The van der Waals surface area contributed by atoms with Crippen molar-refractivity contribution < 1.29 is 13.6 Å². The Hall–Kier alpha value is -0.650. The van der Waals surface area contributed by atoms with Gasteiger partial charge in [0.2, 0.25) is 0 Å². The molecule has 0 atom stereocenters. The molecular weight excluding hydrogens is 409 g/mol. The van der Waals surface area contributed by atoms with Gasteiger partial charge in [-0.3, -0.25) is 9.97 Å². The number of hydrogen-bond donors (Lipinski definition) is 1. The van der Waals surface area contributed by atoms with E-state index in [2.05, 4.69) is 30.3 Å². The zero-order valence-corrected chi connectivity index (χ0v) is 17.3. The third-order valence-corrected chi connectivity index (χ3v) is 6.41. The molecule has 0 fully saturated rings. The van der Waals surface area contributed by atoms with Crippen LogP contribution in [0.2, 0.25) is 0 Å². The largest absolute Gasteiger partial charge is 0.337 e. The molecule has 2 rings (SSSR count). The molecule has 0 heterocycles. The van der Waals surface area contributed by atoms with Gasteiger partial charge in [0, 0.05) is 5.75 Å². The van der Waals surface area contributed by atoms with E-state index in [1.807, 2.05) is 12.1 Å². The first-order chi connectivity index (χ1) is 11.1. The van der Waals surface area contributed by atoms with Crippen LogP contribution in [-0.4, -0.2) is 24.4 Å². The molecule has 0 spiro atoms. The van der Waals surface area contributed by atoms with E-state index >= 15 is 0 Å². The van der Waals surface area contributed by atoms with Crippen molar-refractivity contribution >= 4 is 52.2 Å². The van der Waals surface area contributed by atoms with E-state index in [9.17, 15) is 4.57 Å². The molecular formula is C17H23BrNO3PS. The lowest BCUT2D eigenvalue weighted by atomic mass is 10.1. The number of thioether (sulfide) groups is 1. The Morgan fingerprint density at radius 1 is 1.08 bits per heavy atom. The number of halogens is 1. The van der Waals surface area contributed by atoms with Crippen LogP contribution in [0.5, 0.6) is 0 Å². The van der Waals surface area contributed by atoms with Gasteiger partial charge in [0.15, 0.2) is 0 Å². The molecule has 0 saturated carbocycles. The van der Waals surface area contributed by atoms with Gasteiger partial charge in [-0.15, -0.1) is 28.7 Å². The van der Waals surface area contributed by atoms with Gasteiger partial charge in [-0.1, -0.05) is 42.5 Å². The Morgan fingerprint density at radius 2 is 1.71 bits per heavy atom. The summed E-state index contributed by atoms with van der Waals surface area (Å²) in [4.78, 5) is 0. The lowest BCUT2D eigenvalue weighted by molar-refractivity contribution is 0.223. The normalized spacial score (nSPS) is 11.2. The predicted molar refractivity (Wildman–Crippen MR) is 109 cm³/mol. The third-order valence-electron chi connectivity index (χ3n) is 3.22. The van der Waals surface area contributed by atoms with Gasteiger partial charge >= 0.3 is 7.60 Å². The molecule has 1 N–H and O–H groups in total. The molecule has 0 radical (unpaired) electrons. The van der Waals surface area contributed by atoms with Crippen LogP contribution >= 0.6 is 36.3 Å². The molecule has 0 aromatic heterocycles. The fourth-order valence-electron chi connectivity index (χ4n) is 2.24. The van der Waals surface area contributed by atoms with Gasteiger partial charge in [0.25, 0.3) is 0 Å². The standard InChI is InChI=1S/C17H22NO3PS.BrH/c1-3-20-22(19,21-4-2)12-17(18)23-13-14-9-10-15-7-5-6-8-16(15)11-14;/h5-11,18H,3-4,12-13H2,1-2H3;1H. The highest BCUT2D eigenvalue weighted by Crippen LogP contribution is 2.48. The molecule has 0 aliphatic rings. The molecule has 24 heavy (non-hydrogen) atoms. The monoisotopic (exact) mass is 431 g/mol. The fourth-order valence-corrected chi connectivity index (χ4v) is 5.00. The lowest BCUT2D eigenvalue weighted by Crippen LogP contribution is -2.06. The van der Waals surface area contributed by atoms with Crippen molar-refractivity contribution in [3.63, 3.8) is 0 Å². The molecule has 2 aromatic carbocycles. The van der Waals surface area contributed by atoms with Gasteiger partial charge < -0.3 is 9.05 Å². The maximum absolute atomic E-state index is 12.4. The van der Waals surface area contributed by atoms with Crippen molar-refractivity contribution in [2.75, 3.05) is 19.4 Å². The highest BCUT2D eigenvalue weighted by atomic mass is 79.9. The fraction of sp³-hybridized carbons (Fsp3) is 0.353. The first-order valence-electron chi connectivity index (χ1n) is 7.62. The summed E-state index contributed by atoms with van der Waals surface area (Å²) < 4.78 is 22.9. The van der Waals surface area contributed by atoms with E-state index in [4.69, 9.17) is 14.5 Å². The van der Waals surface area contributed by atoms with Crippen molar-refractivity contribution in [1.82, 2.24) is 0 Å². The molecule has 132 valence electrons. The van der Waals surface area contributed by atoms with Crippen molar-refractivity contribution in [3.8, 4) is 0 Å². The van der Waals surface area contributed by atoms with E-state index in [1.165, 1.54) is 22.5 Å². The topological polar surface area (TPSA) is 59.4 Å². The Kier molecular flexibility index (Phi) is 9.24. The third kappa shape index (κ3) is 6.34. The minimum absolute atomic E-state index is 0. The van der Waals surface area contributed by atoms with Crippen LogP contribution in [0.4, 0.5) is 0 Å². The molecule has 2 aromatic rings. The number of nitrogens with one attached hydrogen (secondary N) is 1.